The van der Waals surface area contributed by atoms with Gasteiger partial charge in [0.25, 0.3) is 5.91 Å². The van der Waals surface area contributed by atoms with Crippen LogP contribution in [0.2, 0.25) is 5.02 Å². The third-order valence-electron chi connectivity index (χ3n) is 3.83. The van der Waals surface area contributed by atoms with Crippen molar-refractivity contribution in [1.29, 1.82) is 0 Å². The van der Waals surface area contributed by atoms with Crippen LogP contribution in [0.1, 0.15) is 43.0 Å². The van der Waals surface area contributed by atoms with Crippen molar-refractivity contribution in [3.8, 4) is 0 Å². The minimum absolute atomic E-state index is 0.175. The van der Waals surface area contributed by atoms with Crippen molar-refractivity contribution in [3.05, 3.63) is 59.1 Å². The molecule has 26 heavy (non-hydrogen) atoms. The average Bonchev–Trinajstić information content (AvgIpc) is 2.62. The molecule has 140 valence electrons. The summed E-state index contributed by atoms with van der Waals surface area (Å²) in [6, 6.07) is 12.7. The van der Waals surface area contributed by atoms with Gasteiger partial charge in [0, 0.05) is 22.8 Å². The first-order chi connectivity index (χ1) is 12.4. The van der Waals surface area contributed by atoms with Gasteiger partial charge in [-0.2, -0.15) is 0 Å². The number of unbranched alkanes of at least 4 members (excludes halogenated alkanes) is 3. The van der Waals surface area contributed by atoms with Crippen LogP contribution in [0.5, 0.6) is 0 Å². The highest BCUT2D eigenvalue weighted by Gasteiger charge is 2.13. The second-order valence-corrected chi connectivity index (χ2v) is 8.15. The molecule has 1 amide bonds. The molecule has 2 aromatic carbocycles. The van der Waals surface area contributed by atoms with Crippen LogP contribution in [0.15, 0.2) is 53.4 Å². The molecule has 7 heteroatoms. The molecule has 0 saturated carbocycles. The number of carbonyl (C=O) groups excluding carboxylic acids is 1. The predicted molar refractivity (Wildman–Crippen MR) is 105 cm³/mol. The maximum absolute atomic E-state index is 12.2. The lowest BCUT2D eigenvalue weighted by Gasteiger charge is -2.09. The summed E-state index contributed by atoms with van der Waals surface area (Å²) in [5, 5.41) is 3.19. The van der Waals surface area contributed by atoms with Crippen LogP contribution in [0.4, 0.5) is 5.69 Å². The fraction of sp³-hybridized carbons (Fsp3) is 0.316. The highest BCUT2D eigenvalue weighted by molar-refractivity contribution is 7.89. The van der Waals surface area contributed by atoms with Crippen molar-refractivity contribution in [3.63, 3.8) is 0 Å². The van der Waals surface area contributed by atoms with Gasteiger partial charge >= 0.3 is 0 Å². The molecule has 0 radical (unpaired) electrons. The molecule has 2 aromatic rings. The maximum atomic E-state index is 12.2. The van der Waals surface area contributed by atoms with Gasteiger partial charge in [-0.15, -0.1) is 0 Å². The Bertz CT molecular complexity index is 836. The van der Waals surface area contributed by atoms with Crippen molar-refractivity contribution in [2.75, 3.05) is 11.9 Å². The third kappa shape index (κ3) is 6.12. The number of hydrogen-bond acceptors (Lipinski definition) is 3. The standard InChI is InChI=1S/C19H23ClN2O3S/c1-2-3-4-5-13-21-26(24,25)18-11-9-17(10-12-18)22-19(23)15-7-6-8-16(20)14-15/h6-12,14,21H,2-5,13H2,1H3,(H,22,23). The first-order valence-electron chi connectivity index (χ1n) is 8.59. The van der Waals surface area contributed by atoms with E-state index in [2.05, 4.69) is 17.0 Å². The van der Waals surface area contributed by atoms with E-state index in [9.17, 15) is 13.2 Å². The van der Waals surface area contributed by atoms with Gasteiger partial charge in [0.15, 0.2) is 0 Å². The number of anilines is 1. The Morgan fingerprint density at radius 1 is 1.04 bits per heavy atom. The normalized spacial score (nSPS) is 11.3. The van der Waals surface area contributed by atoms with E-state index in [-0.39, 0.29) is 10.8 Å². The van der Waals surface area contributed by atoms with E-state index in [4.69, 9.17) is 11.6 Å². The molecule has 0 bridgehead atoms. The SMILES string of the molecule is CCCCCCNS(=O)(=O)c1ccc(NC(=O)c2cccc(Cl)c2)cc1. The number of carbonyl (C=O) groups is 1. The summed E-state index contributed by atoms with van der Waals surface area (Å²) < 4.78 is 27.1. The first kappa shape index (κ1) is 20.4. The van der Waals surface area contributed by atoms with Gasteiger partial charge in [-0.25, -0.2) is 13.1 Å². The molecule has 0 spiro atoms. The number of halogens is 1. The van der Waals surface area contributed by atoms with Crippen LogP contribution in [0, 0.1) is 0 Å². The second kappa shape index (κ2) is 9.71. The number of amides is 1. The Morgan fingerprint density at radius 3 is 2.42 bits per heavy atom. The summed E-state index contributed by atoms with van der Waals surface area (Å²) in [7, 11) is -3.53. The first-order valence-corrected chi connectivity index (χ1v) is 10.4. The van der Waals surface area contributed by atoms with E-state index < -0.39 is 10.0 Å². The molecule has 0 aliphatic carbocycles. The minimum Gasteiger partial charge on any atom is -0.322 e. The summed E-state index contributed by atoms with van der Waals surface area (Å²) in [4.78, 5) is 12.4. The van der Waals surface area contributed by atoms with Gasteiger partial charge in [0.2, 0.25) is 10.0 Å². The third-order valence-corrected chi connectivity index (χ3v) is 5.54. The zero-order valence-corrected chi connectivity index (χ0v) is 16.2. The summed E-state index contributed by atoms with van der Waals surface area (Å²) in [6.07, 6.45) is 4.03. The lowest BCUT2D eigenvalue weighted by Crippen LogP contribution is -2.24. The Balaban J connectivity index is 1.95. The second-order valence-electron chi connectivity index (χ2n) is 5.95. The van der Waals surface area contributed by atoms with Crippen LogP contribution >= 0.6 is 11.6 Å². The summed E-state index contributed by atoms with van der Waals surface area (Å²) >= 11 is 5.88. The zero-order valence-electron chi connectivity index (χ0n) is 14.7. The minimum atomic E-state index is -3.53. The molecule has 2 rings (SSSR count). The maximum Gasteiger partial charge on any atom is 0.255 e. The highest BCUT2D eigenvalue weighted by atomic mass is 35.5. The Hall–Kier alpha value is -1.89. The van der Waals surface area contributed by atoms with Crippen molar-refractivity contribution < 1.29 is 13.2 Å². The van der Waals surface area contributed by atoms with E-state index in [1.165, 1.54) is 12.1 Å². The molecule has 0 fully saturated rings. The summed E-state index contributed by atoms with van der Waals surface area (Å²) in [5.41, 5.74) is 0.944. The van der Waals surface area contributed by atoms with Gasteiger partial charge < -0.3 is 5.32 Å². The number of hydrogen-bond donors (Lipinski definition) is 2. The van der Waals surface area contributed by atoms with Gasteiger partial charge in [-0.3, -0.25) is 4.79 Å². The van der Waals surface area contributed by atoms with Crippen molar-refractivity contribution in [1.82, 2.24) is 4.72 Å². The molecule has 2 N–H and O–H groups in total. The number of rotatable bonds is 9. The Morgan fingerprint density at radius 2 is 1.77 bits per heavy atom. The van der Waals surface area contributed by atoms with Gasteiger partial charge in [-0.1, -0.05) is 43.9 Å². The van der Waals surface area contributed by atoms with Gasteiger partial charge in [-0.05, 0) is 48.9 Å². The molecular weight excluding hydrogens is 372 g/mol. The number of nitrogens with one attached hydrogen (secondary N) is 2. The Labute approximate surface area is 159 Å². The van der Waals surface area contributed by atoms with Crippen molar-refractivity contribution in [2.24, 2.45) is 0 Å². The topological polar surface area (TPSA) is 75.3 Å². The van der Waals surface area contributed by atoms with Crippen LogP contribution in [0.25, 0.3) is 0 Å². The van der Waals surface area contributed by atoms with Crippen molar-refractivity contribution >= 4 is 33.2 Å². The quantitative estimate of drug-likeness (QED) is 0.617. The fourth-order valence-corrected chi connectivity index (χ4v) is 3.66. The molecule has 0 unspecified atom stereocenters. The molecule has 0 saturated heterocycles. The van der Waals surface area contributed by atoms with Gasteiger partial charge in [0.05, 0.1) is 4.90 Å². The van der Waals surface area contributed by atoms with E-state index in [1.807, 2.05) is 0 Å². The van der Waals surface area contributed by atoms with E-state index in [1.54, 1.807) is 36.4 Å². The molecule has 0 aromatic heterocycles. The molecule has 5 nitrogen and oxygen atoms in total. The van der Waals surface area contributed by atoms with Crippen LogP contribution in [-0.2, 0) is 10.0 Å². The van der Waals surface area contributed by atoms with E-state index in [0.717, 1.165) is 25.7 Å². The van der Waals surface area contributed by atoms with Gasteiger partial charge in [0.1, 0.15) is 0 Å². The van der Waals surface area contributed by atoms with Crippen LogP contribution in [0.3, 0.4) is 0 Å². The largest absolute Gasteiger partial charge is 0.322 e. The fourth-order valence-electron chi connectivity index (χ4n) is 2.39. The summed E-state index contributed by atoms with van der Waals surface area (Å²) in [6.45, 7) is 2.53. The number of benzene rings is 2. The van der Waals surface area contributed by atoms with Crippen LogP contribution in [-0.4, -0.2) is 20.9 Å². The predicted octanol–water partition coefficient (Wildman–Crippen LogP) is 4.45. The lowest BCUT2D eigenvalue weighted by molar-refractivity contribution is 0.102. The molecule has 0 aliphatic rings. The van der Waals surface area contributed by atoms with Crippen LogP contribution < -0.4 is 10.0 Å². The van der Waals surface area contributed by atoms with E-state index in [0.29, 0.717) is 22.8 Å². The average molecular weight is 395 g/mol. The zero-order chi connectivity index (χ0) is 19.0. The molecule has 0 atom stereocenters. The molecule has 0 heterocycles. The van der Waals surface area contributed by atoms with E-state index >= 15 is 0 Å². The molecule has 0 aliphatic heterocycles. The Kier molecular flexibility index (Phi) is 7.63. The monoisotopic (exact) mass is 394 g/mol. The lowest BCUT2D eigenvalue weighted by atomic mass is 10.2. The summed E-state index contributed by atoms with van der Waals surface area (Å²) in [5.74, 6) is -0.308. The number of sulfonamides is 1. The smallest absolute Gasteiger partial charge is 0.255 e. The van der Waals surface area contributed by atoms with Crippen molar-refractivity contribution in [2.45, 2.75) is 37.5 Å². The molecular formula is C19H23ClN2O3S. The highest BCUT2D eigenvalue weighted by Crippen LogP contribution is 2.16.